The van der Waals surface area contributed by atoms with E-state index >= 15 is 0 Å². The van der Waals surface area contributed by atoms with Gasteiger partial charge in [-0.3, -0.25) is 4.79 Å². The lowest BCUT2D eigenvalue weighted by atomic mass is 10.2. The van der Waals surface area contributed by atoms with Gasteiger partial charge in [0, 0.05) is 31.9 Å². The van der Waals surface area contributed by atoms with Crippen molar-refractivity contribution in [3.63, 3.8) is 0 Å². The summed E-state index contributed by atoms with van der Waals surface area (Å²) in [6.07, 6.45) is -4.77. The summed E-state index contributed by atoms with van der Waals surface area (Å²) in [5, 5.41) is 2.69. The van der Waals surface area contributed by atoms with Crippen molar-refractivity contribution in [3.8, 4) is 5.75 Å². The minimum Gasteiger partial charge on any atom is -0.406 e. The van der Waals surface area contributed by atoms with Crippen LogP contribution in [0.25, 0.3) is 11.0 Å². The average Bonchev–Trinajstić information content (AvgIpc) is 2.74. The number of carbonyl (C=O) groups is 1. The standard InChI is InChI=1S/C21H20F3N5O2/c1-28-10-12-29(13-11-28)19-18(26-16-4-2-3-5-17(16)27-19)20(30)25-14-6-8-15(9-7-14)31-21(22,23)24/h2-9H,10-13H2,1H3,(H,25,30). The van der Waals surface area contributed by atoms with Gasteiger partial charge >= 0.3 is 6.36 Å². The van der Waals surface area contributed by atoms with Crippen LogP contribution in [0.3, 0.4) is 0 Å². The molecule has 0 saturated carbocycles. The minimum atomic E-state index is -4.77. The molecule has 1 fully saturated rings. The maximum Gasteiger partial charge on any atom is 0.573 e. The third-order valence-electron chi connectivity index (χ3n) is 4.92. The molecule has 0 bridgehead atoms. The average molecular weight is 431 g/mol. The molecule has 1 N–H and O–H groups in total. The number of likely N-dealkylation sites (N-methyl/N-ethyl adjacent to an activating group) is 1. The summed E-state index contributed by atoms with van der Waals surface area (Å²) in [6.45, 7) is 3.06. The molecule has 31 heavy (non-hydrogen) atoms. The van der Waals surface area contributed by atoms with E-state index in [9.17, 15) is 18.0 Å². The quantitative estimate of drug-likeness (QED) is 0.682. The third kappa shape index (κ3) is 5.02. The van der Waals surface area contributed by atoms with Gasteiger partial charge in [-0.2, -0.15) is 0 Å². The largest absolute Gasteiger partial charge is 0.573 e. The van der Waals surface area contributed by atoms with E-state index in [1.807, 2.05) is 30.1 Å². The Balaban J connectivity index is 1.61. The van der Waals surface area contributed by atoms with E-state index in [1.165, 1.54) is 12.1 Å². The highest BCUT2D eigenvalue weighted by molar-refractivity contribution is 6.07. The van der Waals surface area contributed by atoms with Crippen LogP contribution in [0.2, 0.25) is 0 Å². The van der Waals surface area contributed by atoms with Gasteiger partial charge in [-0.25, -0.2) is 9.97 Å². The number of halogens is 3. The molecule has 1 aliphatic rings. The number of amides is 1. The Hall–Kier alpha value is -3.40. The van der Waals surface area contributed by atoms with Gasteiger partial charge in [-0.1, -0.05) is 12.1 Å². The molecule has 7 nitrogen and oxygen atoms in total. The van der Waals surface area contributed by atoms with E-state index in [1.54, 1.807) is 6.07 Å². The first-order chi connectivity index (χ1) is 14.8. The first-order valence-electron chi connectivity index (χ1n) is 9.66. The number of rotatable bonds is 4. The number of fused-ring (bicyclic) bond motifs is 1. The lowest BCUT2D eigenvalue weighted by Crippen LogP contribution is -2.45. The van der Waals surface area contributed by atoms with E-state index in [2.05, 4.69) is 24.9 Å². The normalized spacial score (nSPS) is 15.2. The van der Waals surface area contributed by atoms with Gasteiger partial charge in [-0.15, -0.1) is 13.2 Å². The number of piperazine rings is 1. The smallest absolute Gasteiger partial charge is 0.406 e. The fourth-order valence-corrected chi connectivity index (χ4v) is 3.31. The SMILES string of the molecule is CN1CCN(c2nc3ccccc3nc2C(=O)Nc2ccc(OC(F)(F)F)cc2)CC1. The highest BCUT2D eigenvalue weighted by Gasteiger charge is 2.31. The van der Waals surface area contributed by atoms with Crippen LogP contribution >= 0.6 is 0 Å². The molecule has 1 amide bonds. The van der Waals surface area contributed by atoms with Gasteiger partial charge in [0.05, 0.1) is 11.0 Å². The molecule has 1 saturated heterocycles. The number of carbonyl (C=O) groups excluding carboxylic acids is 1. The summed E-state index contributed by atoms with van der Waals surface area (Å²) in [5.41, 5.74) is 1.75. The number of nitrogens with one attached hydrogen (secondary N) is 1. The van der Waals surface area contributed by atoms with Crippen LogP contribution in [0.1, 0.15) is 10.5 Å². The molecule has 162 valence electrons. The maximum atomic E-state index is 13.0. The summed E-state index contributed by atoms with van der Waals surface area (Å²) in [5.74, 6) is -0.368. The number of hydrogen-bond donors (Lipinski definition) is 1. The molecule has 0 atom stereocenters. The van der Waals surface area contributed by atoms with E-state index in [4.69, 9.17) is 0 Å². The Kier molecular flexibility index (Phi) is 5.64. The number of para-hydroxylation sites is 2. The van der Waals surface area contributed by atoms with Crippen LogP contribution in [0.4, 0.5) is 24.7 Å². The second-order valence-electron chi connectivity index (χ2n) is 7.20. The number of ether oxygens (including phenoxy) is 1. The maximum absolute atomic E-state index is 13.0. The predicted molar refractivity (Wildman–Crippen MR) is 110 cm³/mol. The summed E-state index contributed by atoms with van der Waals surface area (Å²) >= 11 is 0. The predicted octanol–water partition coefficient (Wildman–Crippen LogP) is 3.53. The second-order valence-corrected chi connectivity index (χ2v) is 7.20. The highest BCUT2D eigenvalue weighted by atomic mass is 19.4. The van der Waals surface area contributed by atoms with Crippen molar-refractivity contribution < 1.29 is 22.7 Å². The van der Waals surface area contributed by atoms with Crippen molar-refractivity contribution in [2.75, 3.05) is 43.4 Å². The first-order valence-corrected chi connectivity index (χ1v) is 9.66. The lowest BCUT2D eigenvalue weighted by molar-refractivity contribution is -0.274. The van der Waals surface area contributed by atoms with Gasteiger partial charge in [0.1, 0.15) is 5.75 Å². The number of hydrogen-bond acceptors (Lipinski definition) is 6. The molecule has 10 heteroatoms. The summed E-state index contributed by atoms with van der Waals surface area (Å²) < 4.78 is 40.9. The van der Waals surface area contributed by atoms with Gasteiger partial charge in [0.15, 0.2) is 11.5 Å². The number of benzene rings is 2. The molecule has 4 rings (SSSR count). The molecule has 2 aromatic carbocycles. The van der Waals surface area contributed by atoms with Crippen molar-refractivity contribution in [2.24, 2.45) is 0 Å². The third-order valence-corrected chi connectivity index (χ3v) is 4.92. The van der Waals surface area contributed by atoms with Gasteiger partial charge in [0.2, 0.25) is 0 Å². The van der Waals surface area contributed by atoms with Crippen molar-refractivity contribution in [2.45, 2.75) is 6.36 Å². The van der Waals surface area contributed by atoms with Gasteiger partial charge in [0.25, 0.3) is 5.91 Å². The Bertz CT molecular complexity index is 1080. The summed E-state index contributed by atoms with van der Waals surface area (Å²) in [6, 6.07) is 12.2. The van der Waals surface area contributed by atoms with E-state index in [0.717, 1.165) is 25.2 Å². The van der Waals surface area contributed by atoms with E-state index in [-0.39, 0.29) is 11.4 Å². The molecule has 1 aromatic heterocycles. The molecule has 2 heterocycles. The van der Waals surface area contributed by atoms with Crippen molar-refractivity contribution in [3.05, 3.63) is 54.2 Å². The van der Waals surface area contributed by atoms with Crippen LogP contribution in [-0.2, 0) is 0 Å². The van der Waals surface area contributed by atoms with Gasteiger partial charge < -0.3 is 19.9 Å². The molecular weight excluding hydrogens is 411 g/mol. The lowest BCUT2D eigenvalue weighted by Gasteiger charge is -2.33. The van der Waals surface area contributed by atoms with Crippen molar-refractivity contribution in [1.29, 1.82) is 0 Å². The zero-order valence-corrected chi connectivity index (χ0v) is 16.7. The zero-order chi connectivity index (χ0) is 22.0. The summed E-state index contributed by atoms with van der Waals surface area (Å²) in [7, 11) is 2.03. The fraction of sp³-hybridized carbons (Fsp3) is 0.286. The Morgan fingerprint density at radius 2 is 1.58 bits per heavy atom. The topological polar surface area (TPSA) is 70.6 Å². The molecule has 0 aliphatic carbocycles. The molecule has 1 aliphatic heterocycles. The van der Waals surface area contributed by atoms with Crippen LogP contribution in [0.15, 0.2) is 48.5 Å². The first kappa shape index (κ1) is 20.9. The number of aromatic nitrogens is 2. The Morgan fingerprint density at radius 1 is 0.968 bits per heavy atom. The number of alkyl halides is 3. The molecule has 0 unspecified atom stereocenters. The number of anilines is 2. The van der Waals surface area contributed by atoms with Crippen molar-refractivity contribution in [1.82, 2.24) is 14.9 Å². The summed E-state index contributed by atoms with van der Waals surface area (Å²) in [4.78, 5) is 26.5. The van der Waals surface area contributed by atoms with Crippen LogP contribution in [-0.4, -0.2) is 60.4 Å². The molecule has 3 aromatic rings. The zero-order valence-electron chi connectivity index (χ0n) is 16.7. The Labute approximate surface area is 176 Å². The number of nitrogens with zero attached hydrogens (tertiary/aromatic N) is 4. The van der Waals surface area contributed by atoms with Crippen LogP contribution in [0.5, 0.6) is 5.75 Å². The minimum absolute atomic E-state index is 0.166. The van der Waals surface area contributed by atoms with Gasteiger partial charge in [-0.05, 0) is 43.4 Å². The fourth-order valence-electron chi connectivity index (χ4n) is 3.31. The van der Waals surface area contributed by atoms with Crippen LogP contribution in [0, 0.1) is 0 Å². The molecule has 0 radical (unpaired) electrons. The molecular formula is C21H20F3N5O2. The van der Waals surface area contributed by atoms with Crippen LogP contribution < -0.4 is 15.0 Å². The van der Waals surface area contributed by atoms with Crippen molar-refractivity contribution >= 4 is 28.4 Å². The molecule has 0 spiro atoms. The monoisotopic (exact) mass is 431 g/mol. The Morgan fingerprint density at radius 3 is 2.19 bits per heavy atom. The highest BCUT2D eigenvalue weighted by Crippen LogP contribution is 2.26. The van der Waals surface area contributed by atoms with E-state index in [0.29, 0.717) is 35.6 Å². The second kappa shape index (κ2) is 8.38. The van der Waals surface area contributed by atoms with E-state index < -0.39 is 12.3 Å².